The van der Waals surface area contributed by atoms with Crippen LogP contribution in [0.1, 0.15) is 0 Å². The van der Waals surface area contributed by atoms with Gasteiger partial charge in [-0.25, -0.2) is 8.42 Å². The first-order valence-corrected chi connectivity index (χ1v) is 9.59. The number of sulfonamides is 1. The molecule has 8 heteroatoms. The lowest BCUT2D eigenvalue weighted by molar-refractivity contribution is -0.384. The van der Waals surface area contributed by atoms with Gasteiger partial charge in [0.15, 0.2) is 0 Å². The maximum atomic E-state index is 12.9. The molecule has 2 aromatic rings. The highest BCUT2D eigenvalue weighted by molar-refractivity contribution is 7.98. The highest BCUT2D eigenvalue weighted by atomic mass is 32.2. The van der Waals surface area contributed by atoms with Gasteiger partial charge in [0, 0.05) is 17.0 Å². The van der Waals surface area contributed by atoms with E-state index in [0.29, 0.717) is 0 Å². The van der Waals surface area contributed by atoms with E-state index in [0.717, 1.165) is 9.20 Å². The first-order valence-electron chi connectivity index (χ1n) is 6.92. The molecule has 126 valence electrons. The molecule has 0 aliphatic carbocycles. The van der Waals surface area contributed by atoms with Crippen molar-refractivity contribution in [2.24, 2.45) is 0 Å². The molecule has 0 atom stereocenters. The first-order chi connectivity index (χ1) is 11.4. The molecule has 0 heterocycles. The summed E-state index contributed by atoms with van der Waals surface area (Å²) in [5.74, 6) is 0. The number of hydrogen-bond acceptors (Lipinski definition) is 5. The molecule has 0 bridgehead atoms. The van der Waals surface area contributed by atoms with E-state index in [1.165, 1.54) is 54.2 Å². The largest absolute Gasteiger partial charge is 0.271 e. The molecule has 24 heavy (non-hydrogen) atoms. The highest BCUT2D eigenvalue weighted by Gasteiger charge is 2.25. The van der Waals surface area contributed by atoms with E-state index in [9.17, 15) is 18.5 Å². The van der Waals surface area contributed by atoms with Crippen molar-refractivity contribution in [2.45, 2.75) is 9.79 Å². The number of nitrogens with zero attached hydrogens (tertiary/aromatic N) is 2. The minimum Gasteiger partial charge on any atom is -0.262 e. The van der Waals surface area contributed by atoms with Crippen LogP contribution in [-0.4, -0.2) is 26.1 Å². The fourth-order valence-electron chi connectivity index (χ4n) is 2.10. The van der Waals surface area contributed by atoms with Gasteiger partial charge in [0.1, 0.15) is 0 Å². The van der Waals surface area contributed by atoms with Gasteiger partial charge < -0.3 is 0 Å². The van der Waals surface area contributed by atoms with E-state index < -0.39 is 14.9 Å². The summed E-state index contributed by atoms with van der Waals surface area (Å²) in [5.41, 5.74) is 0.0486. The van der Waals surface area contributed by atoms with Crippen LogP contribution in [0.25, 0.3) is 0 Å². The number of non-ortho nitro benzene ring substituents is 1. The zero-order valence-corrected chi connectivity index (χ0v) is 14.6. The molecule has 0 unspecified atom stereocenters. The Morgan fingerprint density at radius 1 is 1.25 bits per heavy atom. The molecule has 0 radical (unpaired) electrons. The Balaban J connectivity index is 2.50. The lowest BCUT2D eigenvalue weighted by Gasteiger charge is -2.23. The number of nitro groups is 1. The summed E-state index contributed by atoms with van der Waals surface area (Å²) >= 11 is 1.51. The summed E-state index contributed by atoms with van der Waals surface area (Å²) in [4.78, 5) is 11.4. The lowest BCUT2D eigenvalue weighted by Crippen LogP contribution is -2.31. The van der Waals surface area contributed by atoms with Gasteiger partial charge in [-0.3, -0.25) is 14.4 Å². The Morgan fingerprint density at radius 2 is 1.92 bits per heavy atom. The van der Waals surface area contributed by atoms with Crippen molar-refractivity contribution in [3.8, 4) is 0 Å². The van der Waals surface area contributed by atoms with Crippen molar-refractivity contribution < 1.29 is 13.3 Å². The van der Waals surface area contributed by atoms with Crippen LogP contribution in [-0.2, 0) is 10.0 Å². The Hall–Kier alpha value is -2.32. The van der Waals surface area contributed by atoms with Crippen LogP contribution < -0.4 is 4.31 Å². The van der Waals surface area contributed by atoms with Crippen LogP contribution in [0.4, 0.5) is 11.4 Å². The summed E-state index contributed by atoms with van der Waals surface area (Å²) in [6.45, 7) is 3.58. The third-order valence-corrected chi connectivity index (χ3v) is 5.82. The standard InChI is InChI=1S/C16H16N2O4S2/c1-3-11-17(13-5-4-6-14(12-13)18(19)20)24(21,22)16-9-7-15(23-2)8-10-16/h3-10,12H,1,11H2,2H3. The van der Waals surface area contributed by atoms with Crippen molar-refractivity contribution in [3.05, 3.63) is 71.3 Å². The van der Waals surface area contributed by atoms with E-state index in [-0.39, 0.29) is 22.8 Å². The van der Waals surface area contributed by atoms with Crippen molar-refractivity contribution >= 4 is 33.2 Å². The third kappa shape index (κ3) is 3.77. The third-order valence-electron chi connectivity index (χ3n) is 3.27. The Labute approximate surface area is 145 Å². The van der Waals surface area contributed by atoms with Crippen molar-refractivity contribution in [3.63, 3.8) is 0 Å². The minimum atomic E-state index is -3.85. The summed E-state index contributed by atoms with van der Waals surface area (Å²) in [7, 11) is -3.85. The summed E-state index contributed by atoms with van der Waals surface area (Å²) in [6.07, 6.45) is 3.34. The van der Waals surface area contributed by atoms with E-state index in [4.69, 9.17) is 0 Å². The average molecular weight is 364 g/mol. The van der Waals surface area contributed by atoms with Crippen molar-refractivity contribution in [1.82, 2.24) is 0 Å². The molecule has 0 saturated heterocycles. The molecule has 2 rings (SSSR count). The molecular weight excluding hydrogens is 348 g/mol. The molecule has 0 aliphatic rings. The molecule has 0 spiro atoms. The average Bonchev–Trinajstić information content (AvgIpc) is 2.59. The molecule has 0 saturated carbocycles. The van der Waals surface area contributed by atoms with E-state index in [2.05, 4.69) is 6.58 Å². The number of anilines is 1. The monoisotopic (exact) mass is 364 g/mol. The summed E-state index contributed by atoms with van der Waals surface area (Å²) < 4.78 is 26.9. The smallest absolute Gasteiger partial charge is 0.262 e. The van der Waals surface area contributed by atoms with Gasteiger partial charge >= 0.3 is 0 Å². The fourth-order valence-corrected chi connectivity index (χ4v) is 3.93. The summed E-state index contributed by atoms with van der Waals surface area (Å²) in [5, 5.41) is 10.9. The molecule has 0 aliphatic heterocycles. The normalized spacial score (nSPS) is 11.0. The maximum absolute atomic E-state index is 12.9. The predicted octanol–water partition coefficient (Wildman–Crippen LogP) is 3.70. The number of thioether (sulfide) groups is 1. The zero-order valence-electron chi connectivity index (χ0n) is 13.0. The summed E-state index contributed by atoms with van der Waals surface area (Å²) in [6, 6.07) is 12.0. The number of hydrogen-bond donors (Lipinski definition) is 0. The Kier molecular flexibility index (Phi) is 5.63. The lowest BCUT2D eigenvalue weighted by atomic mass is 10.3. The topological polar surface area (TPSA) is 80.5 Å². The maximum Gasteiger partial charge on any atom is 0.271 e. The molecule has 0 amide bonds. The van der Waals surface area contributed by atoms with Crippen LogP contribution >= 0.6 is 11.8 Å². The van der Waals surface area contributed by atoms with Gasteiger partial charge in [0.2, 0.25) is 0 Å². The van der Waals surface area contributed by atoms with Crippen LogP contribution in [0.2, 0.25) is 0 Å². The van der Waals surface area contributed by atoms with Gasteiger partial charge in [0.25, 0.3) is 15.7 Å². The van der Waals surface area contributed by atoms with E-state index >= 15 is 0 Å². The van der Waals surface area contributed by atoms with E-state index in [1.807, 2.05) is 6.26 Å². The molecule has 6 nitrogen and oxygen atoms in total. The second kappa shape index (κ2) is 7.50. The quantitative estimate of drug-likeness (QED) is 0.324. The molecule has 0 fully saturated rings. The Bertz CT molecular complexity index is 849. The van der Waals surface area contributed by atoms with Crippen LogP contribution in [0.3, 0.4) is 0 Å². The molecule has 0 aromatic heterocycles. The number of nitro benzene ring substituents is 1. The fraction of sp³-hybridized carbons (Fsp3) is 0.125. The van der Waals surface area contributed by atoms with Gasteiger partial charge in [-0.2, -0.15) is 0 Å². The highest BCUT2D eigenvalue weighted by Crippen LogP contribution is 2.27. The van der Waals surface area contributed by atoms with Gasteiger partial charge in [-0.05, 0) is 36.6 Å². The second-order valence-electron chi connectivity index (χ2n) is 4.78. The first kappa shape index (κ1) is 18.0. The van der Waals surface area contributed by atoms with Crippen molar-refractivity contribution in [2.75, 3.05) is 17.1 Å². The zero-order chi connectivity index (χ0) is 17.7. The van der Waals surface area contributed by atoms with Gasteiger partial charge in [-0.15, -0.1) is 18.3 Å². The molecular formula is C16H16N2O4S2. The predicted molar refractivity (Wildman–Crippen MR) is 96.0 cm³/mol. The SMILES string of the molecule is C=CCN(c1cccc([N+](=O)[O-])c1)S(=O)(=O)c1ccc(SC)cc1. The Morgan fingerprint density at radius 3 is 2.46 bits per heavy atom. The van der Waals surface area contributed by atoms with Crippen molar-refractivity contribution in [1.29, 1.82) is 0 Å². The van der Waals surface area contributed by atoms with E-state index in [1.54, 1.807) is 12.1 Å². The number of rotatable bonds is 7. The van der Waals surface area contributed by atoms with Gasteiger partial charge in [0.05, 0.1) is 22.1 Å². The molecule has 2 aromatic carbocycles. The minimum absolute atomic E-state index is 0.00772. The van der Waals surface area contributed by atoms with Crippen LogP contribution in [0, 0.1) is 10.1 Å². The number of benzene rings is 2. The second-order valence-corrected chi connectivity index (χ2v) is 7.52. The van der Waals surface area contributed by atoms with Crippen LogP contribution in [0.15, 0.2) is 71.0 Å². The molecule has 0 N–H and O–H groups in total. The van der Waals surface area contributed by atoms with Gasteiger partial charge in [-0.1, -0.05) is 12.1 Å². The van der Waals surface area contributed by atoms with Crippen LogP contribution in [0.5, 0.6) is 0 Å².